The molecule has 0 aromatic rings. The van der Waals surface area contributed by atoms with Crippen molar-refractivity contribution in [1.82, 2.24) is 0 Å². The molecule has 2 aliphatic carbocycles. The predicted octanol–water partition coefficient (Wildman–Crippen LogP) is 1.75. The highest BCUT2D eigenvalue weighted by molar-refractivity contribution is 6.92. The number of ether oxygens (including phenoxy) is 4. The summed E-state index contributed by atoms with van der Waals surface area (Å²) < 4.78 is 27.4. The molecule has 5 rings (SSSR count). The molecule has 0 spiro atoms. The molecule has 3 heterocycles. The third kappa shape index (κ3) is 4.81. The van der Waals surface area contributed by atoms with E-state index in [2.05, 4.69) is 0 Å². The molecule has 0 aromatic heterocycles. The van der Waals surface area contributed by atoms with E-state index >= 15 is 0 Å². The first kappa shape index (κ1) is 19.6. The fourth-order valence-electron chi connectivity index (χ4n) is 4.55. The van der Waals surface area contributed by atoms with E-state index in [9.17, 15) is 14.7 Å². The van der Waals surface area contributed by atoms with Crippen molar-refractivity contribution in [2.45, 2.75) is 88.5 Å². The molecule has 3 aliphatic heterocycles. The fourth-order valence-corrected chi connectivity index (χ4v) is 4.55. The molecule has 5 aliphatic rings. The van der Waals surface area contributed by atoms with Crippen molar-refractivity contribution in [3.05, 3.63) is 0 Å². The van der Waals surface area contributed by atoms with Gasteiger partial charge in [-0.3, -0.25) is 9.59 Å². The molecule has 2 saturated carbocycles. The van der Waals surface area contributed by atoms with Crippen LogP contribution < -0.4 is 0 Å². The van der Waals surface area contributed by atoms with Crippen molar-refractivity contribution in [1.29, 1.82) is 1.28 Å². The lowest BCUT2D eigenvalue weighted by Crippen LogP contribution is -2.37. The van der Waals surface area contributed by atoms with E-state index in [1.165, 1.54) is 6.42 Å². The maximum Gasteiger partial charge on any atom is 0.309 e. The molecule has 8 heteroatoms. The molecule has 1 N–H and O–H groups in total. The minimum absolute atomic E-state index is 0.0169. The lowest BCUT2D eigenvalue weighted by atomic mass is 9.88. The van der Waals surface area contributed by atoms with Gasteiger partial charge in [0, 0.05) is 19.4 Å². The SMILES string of the molecule is O=C1O[C@H]2C[C@@H]1CCC2OC1CCCCO1.O=C1O[C@H]2C[C@@H]1CC[C@@H]2O.[2H]P. The Bertz CT molecular complexity index is 542. The van der Waals surface area contributed by atoms with Crippen LogP contribution in [0.1, 0.15) is 57.8 Å². The molecule has 7 nitrogen and oxygen atoms in total. The number of rotatable bonds is 2. The summed E-state index contributed by atoms with van der Waals surface area (Å²) in [6.07, 6.45) is 7.60. The molecular formula is C19H31O7P. The van der Waals surface area contributed by atoms with Crippen LogP contribution >= 0.6 is 9.84 Å². The summed E-state index contributed by atoms with van der Waals surface area (Å²) in [4.78, 5) is 22.3. The third-order valence-corrected chi connectivity index (χ3v) is 6.15. The third-order valence-electron chi connectivity index (χ3n) is 6.15. The van der Waals surface area contributed by atoms with E-state index < -0.39 is 6.10 Å². The summed E-state index contributed by atoms with van der Waals surface area (Å²) in [7, 11) is 1.67. The number of hydrogen-bond donors (Lipinski definition) is 1. The normalized spacial score (nSPS) is 42.6. The molecule has 27 heavy (non-hydrogen) atoms. The van der Waals surface area contributed by atoms with E-state index in [-0.39, 0.29) is 48.4 Å². The molecule has 4 bridgehead atoms. The Morgan fingerprint density at radius 2 is 1.59 bits per heavy atom. The van der Waals surface area contributed by atoms with Gasteiger partial charge in [-0.05, 0) is 44.9 Å². The Morgan fingerprint density at radius 1 is 0.926 bits per heavy atom. The van der Waals surface area contributed by atoms with Crippen LogP contribution in [0.2, 0.25) is 0 Å². The van der Waals surface area contributed by atoms with Crippen LogP contribution in [-0.4, -0.2) is 55.6 Å². The Hall–Kier alpha value is -0.750. The maximum atomic E-state index is 11.4. The van der Waals surface area contributed by atoms with Crippen molar-refractivity contribution < 1.29 is 33.6 Å². The molecule has 0 aromatic carbocycles. The Labute approximate surface area is 164 Å². The lowest BCUT2D eigenvalue weighted by Gasteiger charge is -2.31. The number of aliphatic hydroxyl groups is 1. The number of esters is 2. The average Bonchev–Trinajstić information content (AvgIpc) is 3.20. The first-order valence-electron chi connectivity index (χ1n) is 10.5. The van der Waals surface area contributed by atoms with Gasteiger partial charge in [0.1, 0.15) is 12.2 Å². The Kier molecular flexibility index (Phi) is 6.64. The molecule has 3 saturated heterocycles. The first-order chi connectivity index (χ1) is 13.6. The van der Waals surface area contributed by atoms with Crippen molar-refractivity contribution in [3.8, 4) is 0 Å². The van der Waals surface area contributed by atoms with Crippen molar-refractivity contribution in [3.63, 3.8) is 0 Å². The largest absolute Gasteiger partial charge is 0.459 e. The first-order valence-corrected chi connectivity index (χ1v) is 9.96. The van der Waals surface area contributed by atoms with Gasteiger partial charge in [0.25, 0.3) is 0 Å². The molecule has 5 fully saturated rings. The summed E-state index contributed by atoms with van der Waals surface area (Å²) in [6.45, 7) is 0.796. The van der Waals surface area contributed by atoms with Gasteiger partial charge in [-0.15, -0.1) is 0 Å². The zero-order valence-electron chi connectivity index (χ0n) is 16.6. The predicted molar refractivity (Wildman–Crippen MR) is 100 cm³/mol. The molecular weight excluding hydrogens is 371 g/mol. The van der Waals surface area contributed by atoms with E-state index in [0.717, 1.165) is 58.0 Å². The second kappa shape index (κ2) is 9.17. The Morgan fingerprint density at radius 3 is 2.26 bits per heavy atom. The lowest BCUT2D eigenvalue weighted by molar-refractivity contribution is -0.210. The fraction of sp³-hybridized carbons (Fsp3) is 0.895. The minimum atomic E-state index is -0.400. The minimum Gasteiger partial charge on any atom is -0.459 e. The topological polar surface area (TPSA) is 91.3 Å². The van der Waals surface area contributed by atoms with Gasteiger partial charge >= 0.3 is 11.9 Å². The van der Waals surface area contributed by atoms with Gasteiger partial charge in [-0.2, -0.15) is 9.84 Å². The van der Waals surface area contributed by atoms with Gasteiger partial charge < -0.3 is 24.1 Å². The van der Waals surface area contributed by atoms with Crippen LogP contribution in [0, 0.1) is 11.8 Å². The van der Waals surface area contributed by atoms with Crippen molar-refractivity contribution in [2.24, 2.45) is 11.8 Å². The number of aliphatic hydroxyl groups excluding tert-OH is 1. The zero-order chi connectivity index (χ0) is 20.1. The highest BCUT2D eigenvalue weighted by Crippen LogP contribution is 2.37. The summed E-state index contributed by atoms with van der Waals surface area (Å²) in [6, 6.07) is 0. The zero-order valence-corrected chi connectivity index (χ0v) is 16.7. The summed E-state index contributed by atoms with van der Waals surface area (Å²) in [5.41, 5.74) is 0. The second-order valence-corrected chi connectivity index (χ2v) is 8.01. The van der Waals surface area contributed by atoms with Gasteiger partial charge in [-0.25, -0.2) is 0 Å². The number of carbonyl (C=O) groups is 2. The molecule has 0 amide bonds. The number of carbonyl (C=O) groups excluding carboxylic acids is 2. The standard InChI is InChI=1S/C12H18O4.C7H10O3.H3P/c13-12-8-4-5-9(10(7-8)16-12)15-11-3-1-2-6-14-11;8-5-2-1-4-3-6(5)10-7(4)9;/h8-11H,1-7H2;4-6,8H,1-3H2;1H3/t8-,9?,10-,11?;4-,5-,6-;/m00./s1/i;;1D. The molecule has 154 valence electrons. The van der Waals surface area contributed by atoms with Crippen molar-refractivity contribution >= 4 is 21.8 Å². The summed E-state index contributed by atoms with van der Waals surface area (Å²) in [5.74, 6) is 0.0905. The van der Waals surface area contributed by atoms with E-state index in [1.807, 2.05) is 0 Å². The summed E-state index contributed by atoms with van der Waals surface area (Å²) in [5, 5.41) is 9.24. The molecule has 8 atom stereocenters. The van der Waals surface area contributed by atoms with E-state index in [1.54, 1.807) is 9.84 Å². The van der Waals surface area contributed by atoms with Gasteiger partial charge in [-0.1, -0.05) is 0 Å². The molecule has 0 radical (unpaired) electrons. The maximum absolute atomic E-state index is 11.4. The van der Waals surface area contributed by atoms with Crippen LogP contribution in [-0.2, 0) is 28.5 Å². The Balaban J connectivity index is 0.000000161. The van der Waals surface area contributed by atoms with Crippen LogP contribution in [0.15, 0.2) is 0 Å². The quantitative estimate of drug-likeness (QED) is 0.555. The van der Waals surface area contributed by atoms with Crippen LogP contribution in [0.5, 0.6) is 0 Å². The van der Waals surface area contributed by atoms with Crippen LogP contribution in [0.4, 0.5) is 0 Å². The van der Waals surface area contributed by atoms with Crippen molar-refractivity contribution in [2.75, 3.05) is 6.61 Å². The average molecular weight is 403 g/mol. The molecule has 3 unspecified atom stereocenters. The van der Waals surface area contributed by atoms with Gasteiger partial charge in [0.2, 0.25) is 0 Å². The van der Waals surface area contributed by atoms with E-state index in [4.69, 9.17) is 20.2 Å². The van der Waals surface area contributed by atoms with Crippen LogP contribution in [0.25, 0.3) is 0 Å². The van der Waals surface area contributed by atoms with Gasteiger partial charge in [0.15, 0.2) is 6.29 Å². The van der Waals surface area contributed by atoms with Crippen LogP contribution in [0.3, 0.4) is 0 Å². The van der Waals surface area contributed by atoms with Gasteiger partial charge in [0.05, 0.1) is 25.3 Å². The highest BCUT2D eigenvalue weighted by atomic mass is 31.0. The highest BCUT2D eigenvalue weighted by Gasteiger charge is 2.45. The second-order valence-electron chi connectivity index (χ2n) is 8.01. The van der Waals surface area contributed by atoms with E-state index in [0.29, 0.717) is 0 Å². The monoisotopic (exact) mass is 403 g/mol. The number of hydrogen-bond acceptors (Lipinski definition) is 7. The smallest absolute Gasteiger partial charge is 0.309 e. The number of fused-ring (bicyclic) bond motifs is 4. The summed E-state index contributed by atoms with van der Waals surface area (Å²) >= 11 is 0.